The largest absolute Gasteiger partial charge is 0.465 e. The molecule has 146 valence electrons. The maximum atomic E-state index is 11.2. The topological polar surface area (TPSA) is 100.0 Å². The molecule has 0 aliphatic carbocycles. The molecule has 1 aliphatic rings. The molecule has 3 heterocycles. The molecule has 0 radical (unpaired) electrons. The van der Waals surface area contributed by atoms with Crippen LogP contribution in [0.4, 0.5) is 10.5 Å². The molecular weight excluding hydrogens is 356 g/mol. The van der Waals surface area contributed by atoms with E-state index in [4.69, 9.17) is 5.73 Å². The summed E-state index contributed by atoms with van der Waals surface area (Å²) in [4.78, 5) is 19.4. The van der Waals surface area contributed by atoms with Crippen LogP contribution in [0.2, 0.25) is 0 Å². The average molecular weight is 380 g/mol. The fraction of sp³-hybridized carbons (Fsp3) is 0.350. The number of anilines is 1. The molecule has 1 atom stereocenters. The van der Waals surface area contributed by atoms with E-state index in [0.29, 0.717) is 26.2 Å². The highest BCUT2D eigenvalue weighted by atomic mass is 16.4. The van der Waals surface area contributed by atoms with Crippen molar-refractivity contribution < 1.29 is 9.90 Å². The normalized spacial score (nSPS) is 17.3. The lowest BCUT2D eigenvalue weighted by atomic mass is 10.0. The van der Waals surface area contributed by atoms with Crippen LogP contribution in [0.1, 0.15) is 18.1 Å². The zero-order valence-corrected chi connectivity index (χ0v) is 16.0. The minimum absolute atomic E-state index is 0.0877. The summed E-state index contributed by atoms with van der Waals surface area (Å²) in [5.74, 6) is 0. The molecular formula is C20H24N6O2. The van der Waals surface area contributed by atoms with Gasteiger partial charge in [-0.2, -0.15) is 5.10 Å². The Hall–Kier alpha value is -3.13. The van der Waals surface area contributed by atoms with Crippen LogP contribution in [0.15, 0.2) is 36.8 Å². The zero-order chi connectivity index (χ0) is 19.8. The summed E-state index contributed by atoms with van der Waals surface area (Å²) in [6.45, 7) is 6.23. The highest BCUT2D eigenvalue weighted by Gasteiger charge is 2.27. The number of piperazine rings is 1. The number of amides is 1. The molecule has 0 spiro atoms. The summed E-state index contributed by atoms with van der Waals surface area (Å²) in [5.41, 5.74) is 11.9. The van der Waals surface area contributed by atoms with E-state index >= 15 is 0 Å². The van der Waals surface area contributed by atoms with Crippen molar-refractivity contribution in [1.29, 1.82) is 0 Å². The molecule has 3 aromatic rings. The molecule has 2 aromatic heterocycles. The summed E-state index contributed by atoms with van der Waals surface area (Å²) in [7, 11) is 0. The van der Waals surface area contributed by atoms with Crippen LogP contribution >= 0.6 is 0 Å². The van der Waals surface area contributed by atoms with Gasteiger partial charge in [-0.3, -0.25) is 0 Å². The van der Waals surface area contributed by atoms with E-state index in [9.17, 15) is 9.90 Å². The van der Waals surface area contributed by atoms with Crippen molar-refractivity contribution in [3.05, 3.63) is 47.9 Å². The van der Waals surface area contributed by atoms with Crippen molar-refractivity contribution in [3.63, 3.8) is 0 Å². The molecule has 1 unspecified atom stereocenters. The van der Waals surface area contributed by atoms with Crippen molar-refractivity contribution in [1.82, 2.24) is 19.5 Å². The number of benzene rings is 1. The molecule has 1 amide bonds. The third-order valence-corrected chi connectivity index (χ3v) is 5.46. The SMILES string of the molecule is Cc1cc(-c2ncnn3cc(N4CCN(C(=O)O)CC4C)cc23)ccc1CN. The summed E-state index contributed by atoms with van der Waals surface area (Å²) >= 11 is 0. The second-order valence-corrected chi connectivity index (χ2v) is 7.25. The van der Waals surface area contributed by atoms with E-state index in [1.54, 1.807) is 6.33 Å². The van der Waals surface area contributed by atoms with Crippen LogP contribution < -0.4 is 10.6 Å². The Morgan fingerprint density at radius 3 is 2.82 bits per heavy atom. The number of carboxylic acid groups (broad SMARTS) is 1. The fourth-order valence-corrected chi connectivity index (χ4v) is 3.88. The minimum atomic E-state index is -0.863. The molecule has 4 rings (SSSR count). The number of nitrogens with two attached hydrogens (primary N) is 1. The molecule has 0 bridgehead atoms. The van der Waals surface area contributed by atoms with E-state index in [2.05, 4.69) is 34.0 Å². The highest BCUT2D eigenvalue weighted by molar-refractivity contribution is 5.80. The number of carbonyl (C=O) groups is 1. The third kappa shape index (κ3) is 3.16. The lowest BCUT2D eigenvalue weighted by Crippen LogP contribution is -2.53. The lowest BCUT2D eigenvalue weighted by molar-refractivity contribution is 0.136. The quantitative estimate of drug-likeness (QED) is 0.723. The van der Waals surface area contributed by atoms with Crippen LogP contribution in [-0.4, -0.2) is 56.4 Å². The number of hydrogen-bond donors (Lipinski definition) is 2. The van der Waals surface area contributed by atoms with Crippen molar-refractivity contribution in [2.75, 3.05) is 24.5 Å². The number of nitrogens with zero attached hydrogens (tertiary/aromatic N) is 5. The molecule has 8 heteroatoms. The predicted molar refractivity (Wildman–Crippen MR) is 107 cm³/mol. The van der Waals surface area contributed by atoms with Gasteiger partial charge in [0.15, 0.2) is 0 Å². The Bertz CT molecular complexity index is 1030. The first-order valence-electron chi connectivity index (χ1n) is 9.36. The van der Waals surface area contributed by atoms with Crippen LogP contribution in [0.3, 0.4) is 0 Å². The van der Waals surface area contributed by atoms with E-state index in [0.717, 1.165) is 33.6 Å². The molecule has 1 aromatic carbocycles. The van der Waals surface area contributed by atoms with E-state index < -0.39 is 6.09 Å². The van der Waals surface area contributed by atoms with Crippen LogP contribution in [0, 0.1) is 6.92 Å². The van der Waals surface area contributed by atoms with Crippen LogP contribution in [0.25, 0.3) is 16.8 Å². The predicted octanol–water partition coefficient (Wildman–Crippen LogP) is 2.35. The average Bonchev–Trinajstić information content (AvgIpc) is 3.11. The van der Waals surface area contributed by atoms with Gasteiger partial charge in [-0.15, -0.1) is 0 Å². The van der Waals surface area contributed by atoms with Crippen LogP contribution in [0.5, 0.6) is 0 Å². The van der Waals surface area contributed by atoms with Crippen molar-refractivity contribution in [2.45, 2.75) is 26.4 Å². The van der Waals surface area contributed by atoms with Gasteiger partial charge in [0.05, 0.1) is 23.1 Å². The third-order valence-electron chi connectivity index (χ3n) is 5.46. The van der Waals surface area contributed by atoms with Crippen LogP contribution in [-0.2, 0) is 6.54 Å². The number of rotatable bonds is 3. The van der Waals surface area contributed by atoms with E-state index in [-0.39, 0.29) is 6.04 Å². The summed E-state index contributed by atoms with van der Waals surface area (Å²) in [5, 5.41) is 13.6. The van der Waals surface area contributed by atoms with Gasteiger partial charge in [0, 0.05) is 37.8 Å². The second kappa shape index (κ2) is 7.12. The summed E-state index contributed by atoms with van der Waals surface area (Å²) in [6.07, 6.45) is 2.68. The van der Waals surface area contributed by atoms with Crippen molar-refractivity contribution in [2.24, 2.45) is 5.73 Å². The molecule has 3 N–H and O–H groups in total. The Morgan fingerprint density at radius 2 is 2.14 bits per heavy atom. The molecule has 28 heavy (non-hydrogen) atoms. The maximum Gasteiger partial charge on any atom is 0.407 e. The summed E-state index contributed by atoms with van der Waals surface area (Å²) < 4.78 is 1.83. The van der Waals surface area contributed by atoms with Gasteiger partial charge in [0.1, 0.15) is 6.33 Å². The fourth-order valence-electron chi connectivity index (χ4n) is 3.88. The monoisotopic (exact) mass is 380 g/mol. The van der Waals surface area contributed by atoms with Gasteiger partial charge in [0.25, 0.3) is 0 Å². The first-order valence-corrected chi connectivity index (χ1v) is 9.36. The highest BCUT2D eigenvalue weighted by Crippen LogP contribution is 2.29. The first-order chi connectivity index (χ1) is 13.5. The molecule has 8 nitrogen and oxygen atoms in total. The van der Waals surface area contributed by atoms with Gasteiger partial charge in [-0.05, 0) is 37.1 Å². The van der Waals surface area contributed by atoms with E-state index in [1.807, 2.05) is 29.8 Å². The van der Waals surface area contributed by atoms with Gasteiger partial charge in [0.2, 0.25) is 0 Å². The molecule has 1 fully saturated rings. The van der Waals surface area contributed by atoms with Crippen molar-refractivity contribution >= 4 is 17.3 Å². The number of fused-ring (bicyclic) bond motifs is 1. The van der Waals surface area contributed by atoms with Gasteiger partial charge in [-0.25, -0.2) is 14.3 Å². The molecule has 1 aliphatic heterocycles. The minimum Gasteiger partial charge on any atom is -0.465 e. The number of hydrogen-bond acceptors (Lipinski definition) is 5. The number of aryl methyl sites for hydroxylation is 1. The van der Waals surface area contributed by atoms with E-state index in [1.165, 1.54) is 4.90 Å². The maximum absolute atomic E-state index is 11.2. The smallest absolute Gasteiger partial charge is 0.407 e. The summed E-state index contributed by atoms with van der Waals surface area (Å²) in [6, 6.07) is 8.35. The Balaban J connectivity index is 1.70. The molecule has 0 saturated carbocycles. The van der Waals surface area contributed by atoms with Gasteiger partial charge >= 0.3 is 6.09 Å². The standard InChI is InChI=1S/C20H24N6O2/c1-13-7-15(3-4-16(13)9-21)19-18-8-17(11-26(18)23-12-22-19)25-6-5-24(20(27)28)10-14(25)2/h3-4,7-8,11-12,14H,5-6,9-10,21H2,1-2H3,(H,27,28). The van der Waals surface area contributed by atoms with Gasteiger partial charge in [-0.1, -0.05) is 12.1 Å². The lowest BCUT2D eigenvalue weighted by Gasteiger charge is -2.39. The Morgan fingerprint density at radius 1 is 1.32 bits per heavy atom. The Kier molecular flexibility index (Phi) is 4.64. The first kappa shape index (κ1) is 18.2. The van der Waals surface area contributed by atoms with Gasteiger partial charge < -0.3 is 20.6 Å². The second-order valence-electron chi connectivity index (χ2n) is 7.25. The number of aromatic nitrogens is 3. The van der Waals surface area contributed by atoms with Crippen molar-refractivity contribution in [3.8, 4) is 11.3 Å². The molecule has 1 saturated heterocycles. The zero-order valence-electron chi connectivity index (χ0n) is 16.0. The Labute approximate surface area is 163 Å².